The molecule has 29 heavy (non-hydrogen) atoms. The summed E-state index contributed by atoms with van der Waals surface area (Å²) >= 11 is 0. The third-order valence-corrected chi connectivity index (χ3v) is 5.48. The van der Waals surface area contributed by atoms with Crippen molar-refractivity contribution in [1.29, 1.82) is 0 Å². The van der Waals surface area contributed by atoms with Crippen molar-refractivity contribution in [3.8, 4) is 0 Å². The van der Waals surface area contributed by atoms with Gasteiger partial charge in [0.15, 0.2) is 0 Å². The maximum absolute atomic E-state index is 13.0. The molecule has 0 radical (unpaired) electrons. The number of rotatable bonds is 5. The fourth-order valence-corrected chi connectivity index (χ4v) is 3.57. The van der Waals surface area contributed by atoms with Crippen molar-refractivity contribution >= 4 is 23.5 Å². The van der Waals surface area contributed by atoms with E-state index in [1.165, 1.54) is 0 Å². The molecule has 1 fully saturated rings. The summed E-state index contributed by atoms with van der Waals surface area (Å²) in [4.78, 5) is 39.0. The van der Waals surface area contributed by atoms with Crippen LogP contribution in [-0.2, 0) is 15.1 Å². The minimum absolute atomic E-state index is 0.335. The number of carbonyl (C=O) groups excluding carboxylic acids is 3. The first kappa shape index (κ1) is 20.6. The van der Waals surface area contributed by atoms with Crippen molar-refractivity contribution in [2.45, 2.75) is 46.1 Å². The van der Waals surface area contributed by atoms with Crippen LogP contribution in [-0.4, -0.2) is 29.3 Å². The van der Waals surface area contributed by atoms with Crippen LogP contribution in [0.5, 0.6) is 0 Å². The van der Waals surface area contributed by atoms with Crippen LogP contribution in [0.1, 0.15) is 48.9 Å². The van der Waals surface area contributed by atoms with Crippen molar-refractivity contribution in [2.75, 3.05) is 11.9 Å². The number of nitrogens with zero attached hydrogens (tertiary/aromatic N) is 1. The number of hydrogen-bond donors (Lipinski definition) is 2. The van der Waals surface area contributed by atoms with E-state index in [4.69, 9.17) is 0 Å². The van der Waals surface area contributed by atoms with E-state index in [9.17, 15) is 14.4 Å². The first-order chi connectivity index (χ1) is 13.6. The van der Waals surface area contributed by atoms with Gasteiger partial charge in [-0.25, -0.2) is 4.79 Å². The summed E-state index contributed by atoms with van der Waals surface area (Å²) in [7, 11) is 0. The zero-order chi connectivity index (χ0) is 21.3. The number of para-hydroxylation sites is 1. The average Bonchev–Trinajstić information content (AvgIpc) is 2.89. The number of anilines is 1. The van der Waals surface area contributed by atoms with Gasteiger partial charge in [0.05, 0.1) is 0 Å². The second-order valence-electron chi connectivity index (χ2n) is 8.04. The van der Waals surface area contributed by atoms with Crippen molar-refractivity contribution < 1.29 is 14.4 Å². The van der Waals surface area contributed by atoms with Gasteiger partial charge in [0.25, 0.3) is 5.91 Å². The van der Waals surface area contributed by atoms with Gasteiger partial charge in [0, 0.05) is 5.69 Å². The fraction of sp³-hybridized carbons (Fsp3) is 0.348. The summed E-state index contributed by atoms with van der Waals surface area (Å²) in [6, 6.07) is 12.8. The quantitative estimate of drug-likeness (QED) is 0.758. The Bertz CT molecular complexity index is 946. The van der Waals surface area contributed by atoms with E-state index in [0.717, 1.165) is 21.6 Å². The van der Waals surface area contributed by atoms with Gasteiger partial charge in [-0.3, -0.25) is 14.5 Å². The lowest BCUT2D eigenvalue weighted by molar-refractivity contribution is -0.133. The number of benzene rings is 2. The van der Waals surface area contributed by atoms with Gasteiger partial charge in [-0.2, -0.15) is 0 Å². The zero-order valence-electron chi connectivity index (χ0n) is 17.5. The zero-order valence-corrected chi connectivity index (χ0v) is 17.5. The molecule has 1 saturated heterocycles. The predicted molar refractivity (Wildman–Crippen MR) is 113 cm³/mol. The van der Waals surface area contributed by atoms with E-state index in [-0.39, 0.29) is 6.54 Å². The summed E-state index contributed by atoms with van der Waals surface area (Å²) in [5, 5.41) is 5.57. The summed E-state index contributed by atoms with van der Waals surface area (Å²) in [5.74, 6) is -0.474. The van der Waals surface area contributed by atoms with Crippen LogP contribution in [0.25, 0.3) is 0 Å². The summed E-state index contributed by atoms with van der Waals surface area (Å²) in [5.41, 5.74) is 3.20. The summed E-state index contributed by atoms with van der Waals surface area (Å²) in [6.07, 6.45) is 0. The second kappa shape index (κ2) is 7.70. The van der Waals surface area contributed by atoms with Crippen molar-refractivity contribution in [3.05, 3.63) is 64.7 Å². The molecule has 2 aromatic rings. The monoisotopic (exact) mass is 393 g/mol. The topological polar surface area (TPSA) is 78.5 Å². The highest BCUT2D eigenvalue weighted by Gasteiger charge is 2.49. The third kappa shape index (κ3) is 3.88. The van der Waals surface area contributed by atoms with E-state index in [0.29, 0.717) is 17.2 Å². The molecular weight excluding hydrogens is 366 g/mol. The summed E-state index contributed by atoms with van der Waals surface area (Å²) in [6.45, 7) is 9.31. The molecule has 1 aliphatic heterocycles. The highest BCUT2D eigenvalue weighted by atomic mass is 16.2. The Morgan fingerprint density at radius 1 is 1.07 bits per heavy atom. The van der Waals surface area contributed by atoms with E-state index in [1.807, 2.05) is 56.3 Å². The molecular formula is C23H27N3O3. The van der Waals surface area contributed by atoms with Crippen molar-refractivity contribution in [2.24, 2.45) is 0 Å². The van der Waals surface area contributed by atoms with Gasteiger partial charge in [-0.15, -0.1) is 0 Å². The number of aryl methyl sites for hydroxylation is 2. The standard InChI is InChI=1S/C23H27N3O3/c1-14(2)17-9-11-18(12-10-17)23(5)21(28)26(22(29)25-23)13-19(27)24-20-15(3)7-6-8-16(20)4/h6-12,14H,13H2,1-5H3,(H,24,27)(H,25,29)/t23-/m0/s1. The van der Waals surface area contributed by atoms with E-state index >= 15 is 0 Å². The second-order valence-corrected chi connectivity index (χ2v) is 8.04. The SMILES string of the molecule is Cc1cccc(C)c1NC(=O)CN1C(=O)N[C@@](C)(c2ccc(C(C)C)cc2)C1=O. The first-order valence-electron chi connectivity index (χ1n) is 9.74. The number of hydrogen-bond acceptors (Lipinski definition) is 3. The number of imide groups is 1. The molecule has 1 heterocycles. The van der Waals surface area contributed by atoms with Gasteiger partial charge in [-0.05, 0) is 48.9 Å². The molecule has 1 aliphatic rings. The Morgan fingerprint density at radius 2 is 1.66 bits per heavy atom. The molecule has 3 rings (SSSR count). The van der Waals surface area contributed by atoms with Gasteiger partial charge in [0.2, 0.25) is 5.91 Å². The van der Waals surface area contributed by atoms with Crippen LogP contribution < -0.4 is 10.6 Å². The minimum Gasteiger partial charge on any atom is -0.324 e. The molecule has 6 heteroatoms. The van der Waals surface area contributed by atoms with Crippen LogP contribution in [0.4, 0.5) is 10.5 Å². The number of nitrogens with one attached hydrogen (secondary N) is 2. The first-order valence-corrected chi connectivity index (χ1v) is 9.74. The Hall–Kier alpha value is -3.15. The molecule has 1 atom stereocenters. The lowest BCUT2D eigenvalue weighted by Gasteiger charge is -2.23. The van der Waals surface area contributed by atoms with Crippen LogP contribution in [0.15, 0.2) is 42.5 Å². The number of urea groups is 1. The fourth-order valence-electron chi connectivity index (χ4n) is 3.57. The Balaban J connectivity index is 1.77. The van der Waals surface area contributed by atoms with E-state index in [2.05, 4.69) is 24.5 Å². The van der Waals surface area contributed by atoms with Crippen LogP contribution in [0, 0.1) is 13.8 Å². The molecule has 0 aromatic heterocycles. The van der Waals surface area contributed by atoms with Crippen LogP contribution in [0.3, 0.4) is 0 Å². The highest BCUT2D eigenvalue weighted by Crippen LogP contribution is 2.30. The number of amides is 4. The highest BCUT2D eigenvalue weighted by molar-refractivity contribution is 6.10. The molecule has 0 bridgehead atoms. The predicted octanol–water partition coefficient (Wildman–Crippen LogP) is 3.83. The maximum Gasteiger partial charge on any atom is 0.325 e. The lowest BCUT2D eigenvalue weighted by atomic mass is 9.90. The lowest BCUT2D eigenvalue weighted by Crippen LogP contribution is -2.42. The largest absolute Gasteiger partial charge is 0.325 e. The molecule has 2 aromatic carbocycles. The Kier molecular flexibility index (Phi) is 5.46. The smallest absolute Gasteiger partial charge is 0.324 e. The maximum atomic E-state index is 13.0. The number of carbonyl (C=O) groups is 3. The minimum atomic E-state index is -1.19. The van der Waals surface area contributed by atoms with Gasteiger partial charge in [-0.1, -0.05) is 56.3 Å². The van der Waals surface area contributed by atoms with Gasteiger partial charge >= 0.3 is 6.03 Å². The molecule has 0 aliphatic carbocycles. The molecule has 2 N–H and O–H groups in total. The van der Waals surface area contributed by atoms with E-state index < -0.39 is 23.4 Å². The third-order valence-electron chi connectivity index (χ3n) is 5.48. The van der Waals surface area contributed by atoms with Crippen LogP contribution in [0.2, 0.25) is 0 Å². The van der Waals surface area contributed by atoms with Gasteiger partial charge < -0.3 is 10.6 Å². The Morgan fingerprint density at radius 3 is 2.21 bits per heavy atom. The molecule has 0 unspecified atom stereocenters. The van der Waals surface area contributed by atoms with Gasteiger partial charge in [0.1, 0.15) is 12.1 Å². The van der Waals surface area contributed by atoms with Crippen LogP contribution >= 0.6 is 0 Å². The molecule has 0 saturated carbocycles. The van der Waals surface area contributed by atoms with Crippen molar-refractivity contribution in [3.63, 3.8) is 0 Å². The molecule has 6 nitrogen and oxygen atoms in total. The van der Waals surface area contributed by atoms with Crippen molar-refractivity contribution in [1.82, 2.24) is 10.2 Å². The Labute approximate surface area is 171 Å². The molecule has 4 amide bonds. The molecule has 152 valence electrons. The normalized spacial score (nSPS) is 18.9. The average molecular weight is 393 g/mol. The summed E-state index contributed by atoms with van der Waals surface area (Å²) < 4.78 is 0. The molecule has 0 spiro atoms. The van der Waals surface area contributed by atoms with E-state index in [1.54, 1.807) is 6.92 Å².